The van der Waals surface area contributed by atoms with E-state index in [9.17, 15) is 0 Å². The topological polar surface area (TPSA) is 34.4 Å². The molecule has 1 aliphatic carbocycles. The van der Waals surface area contributed by atoms with Gasteiger partial charge in [0.25, 0.3) is 0 Å². The molecule has 0 aliphatic heterocycles. The third-order valence-corrected chi connectivity index (χ3v) is 3.48. The Morgan fingerprint density at radius 2 is 2.11 bits per heavy atom. The molecule has 2 aromatic rings. The summed E-state index contributed by atoms with van der Waals surface area (Å²) in [4.78, 5) is 0. The van der Waals surface area contributed by atoms with Crippen LogP contribution < -0.4 is 10.1 Å². The van der Waals surface area contributed by atoms with Crippen LogP contribution in [0.5, 0.6) is 5.75 Å². The standard InChI is InChI=1S/C16H19NO2/c1-11-9-12(3-7-15(11)18-2)16-8-6-14(19-16)10-17-13-4-5-13/h3,6-9,13,17H,4-5,10H2,1-2H3. The fourth-order valence-corrected chi connectivity index (χ4v) is 2.19. The van der Waals surface area contributed by atoms with Crippen molar-refractivity contribution >= 4 is 0 Å². The Morgan fingerprint density at radius 3 is 2.79 bits per heavy atom. The van der Waals surface area contributed by atoms with Gasteiger partial charge in [0, 0.05) is 11.6 Å². The molecule has 3 rings (SSSR count). The minimum atomic E-state index is 0.705. The number of nitrogens with one attached hydrogen (secondary N) is 1. The van der Waals surface area contributed by atoms with E-state index in [1.54, 1.807) is 7.11 Å². The third-order valence-electron chi connectivity index (χ3n) is 3.48. The Bertz CT molecular complexity index is 570. The van der Waals surface area contributed by atoms with E-state index in [2.05, 4.69) is 11.4 Å². The summed E-state index contributed by atoms with van der Waals surface area (Å²) in [6.45, 7) is 2.86. The molecule has 1 N–H and O–H groups in total. The van der Waals surface area contributed by atoms with Gasteiger partial charge in [-0.2, -0.15) is 0 Å². The van der Waals surface area contributed by atoms with Crippen LogP contribution in [-0.2, 0) is 6.54 Å². The minimum absolute atomic E-state index is 0.705. The summed E-state index contributed by atoms with van der Waals surface area (Å²) in [6, 6.07) is 10.9. The van der Waals surface area contributed by atoms with Gasteiger partial charge < -0.3 is 14.5 Å². The number of hydrogen-bond acceptors (Lipinski definition) is 3. The first kappa shape index (κ1) is 12.3. The SMILES string of the molecule is COc1ccc(-c2ccc(CNC3CC3)o2)cc1C. The van der Waals surface area contributed by atoms with E-state index < -0.39 is 0 Å². The van der Waals surface area contributed by atoms with Gasteiger partial charge in [0.15, 0.2) is 0 Å². The van der Waals surface area contributed by atoms with E-state index in [4.69, 9.17) is 9.15 Å². The van der Waals surface area contributed by atoms with E-state index in [-0.39, 0.29) is 0 Å². The highest BCUT2D eigenvalue weighted by atomic mass is 16.5. The van der Waals surface area contributed by atoms with Crippen molar-refractivity contribution in [1.82, 2.24) is 5.32 Å². The van der Waals surface area contributed by atoms with Crippen LogP contribution in [0.4, 0.5) is 0 Å². The van der Waals surface area contributed by atoms with E-state index in [0.29, 0.717) is 6.04 Å². The molecule has 1 fully saturated rings. The third kappa shape index (κ3) is 2.82. The maximum atomic E-state index is 5.87. The molecule has 0 bridgehead atoms. The largest absolute Gasteiger partial charge is 0.496 e. The lowest BCUT2D eigenvalue weighted by Crippen LogP contribution is -2.14. The van der Waals surface area contributed by atoms with Crippen molar-refractivity contribution in [2.75, 3.05) is 7.11 Å². The summed E-state index contributed by atoms with van der Waals surface area (Å²) in [7, 11) is 1.69. The minimum Gasteiger partial charge on any atom is -0.496 e. The van der Waals surface area contributed by atoms with E-state index in [0.717, 1.165) is 34.9 Å². The van der Waals surface area contributed by atoms with Crippen LogP contribution in [0.15, 0.2) is 34.7 Å². The van der Waals surface area contributed by atoms with Crippen molar-refractivity contribution in [3.05, 3.63) is 41.7 Å². The zero-order chi connectivity index (χ0) is 13.2. The quantitative estimate of drug-likeness (QED) is 0.890. The number of aryl methyl sites for hydroxylation is 1. The number of benzene rings is 1. The second kappa shape index (κ2) is 5.10. The van der Waals surface area contributed by atoms with Gasteiger partial charge in [0.2, 0.25) is 0 Å². The molecule has 0 unspecified atom stereocenters. The molecular formula is C16H19NO2. The molecule has 0 amide bonds. The molecule has 19 heavy (non-hydrogen) atoms. The van der Waals surface area contributed by atoms with Crippen molar-refractivity contribution in [2.24, 2.45) is 0 Å². The predicted octanol–water partition coefficient (Wildman–Crippen LogP) is 3.52. The van der Waals surface area contributed by atoms with Gasteiger partial charge in [-0.05, 0) is 55.7 Å². The summed E-state index contributed by atoms with van der Waals surface area (Å²) < 4.78 is 11.1. The van der Waals surface area contributed by atoms with Crippen molar-refractivity contribution in [3.63, 3.8) is 0 Å². The van der Waals surface area contributed by atoms with Gasteiger partial charge in [0.05, 0.1) is 13.7 Å². The Hall–Kier alpha value is -1.74. The van der Waals surface area contributed by atoms with Gasteiger partial charge >= 0.3 is 0 Å². The molecule has 1 saturated carbocycles. The maximum absolute atomic E-state index is 5.87. The first-order valence-corrected chi connectivity index (χ1v) is 6.73. The fraction of sp³-hybridized carbons (Fsp3) is 0.375. The fourth-order valence-electron chi connectivity index (χ4n) is 2.19. The molecule has 0 saturated heterocycles. The summed E-state index contributed by atoms with van der Waals surface area (Å²) in [5.74, 6) is 2.82. The van der Waals surface area contributed by atoms with E-state index in [1.165, 1.54) is 12.8 Å². The van der Waals surface area contributed by atoms with Crippen LogP contribution in [0.3, 0.4) is 0 Å². The van der Waals surface area contributed by atoms with Gasteiger partial charge in [-0.3, -0.25) is 0 Å². The van der Waals surface area contributed by atoms with Gasteiger partial charge in [-0.1, -0.05) is 0 Å². The number of methoxy groups -OCH3 is 1. The average Bonchev–Trinajstić information content (AvgIpc) is 3.13. The van der Waals surface area contributed by atoms with Crippen LogP contribution in [0, 0.1) is 6.92 Å². The van der Waals surface area contributed by atoms with Gasteiger partial charge in [0.1, 0.15) is 17.3 Å². The van der Waals surface area contributed by atoms with Crippen molar-refractivity contribution in [2.45, 2.75) is 32.4 Å². The molecule has 0 atom stereocenters. The lowest BCUT2D eigenvalue weighted by atomic mass is 10.1. The predicted molar refractivity (Wildman–Crippen MR) is 75.3 cm³/mol. The molecule has 3 nitrogen and oxygen atoms in total. The Labute approximate surface area is 113 Å². The first-order chi connectivity index (χ1) is 9.26. The van der Waals surface area contributed by atoms with E-state index >= 15 is 0 Å². The summed E-state index contributed by atoms with van der Waals surface area (Å²) >= 11 is 0. The number of hydrogen-bond donors (Lipinski definition) is 1. The molecule has 1 heterocycles. The lowest BCUT2D eigenvalue weighted by molar-refractivity contribution is 0.411. The molecule has 100 valence electrons. The van der Waals surface area contributed by atoms with Crippen LogP contribution in [-0.4, -0.2) is 13.2 Å². The Kier molecular flexibility index (Phi) is 3.30. The number of ether oxygens (including phenoxy) is 1. The Morgan fingerprint density at radius 1 is 1.26 bits per heavy atom. The van der Waals surface area contributed by atoms with Crippen LogP contribution in [0.2, 0.25) is 0 Å². The highest BCUT2D eigenvalue weighted by molar-refractivity contribution is 5.60. The molecule has 3 heteroatoms. The van der Waals surface area contributed by atoms with E-state index in [1.807, 2.05) is 31.2 Å². The van der Waals surface area contributed by atoms with Crippen molar-refractivity contribution < 1.29 is 9.15 Å². The zero-order valence-corrected chi connectivity index (χ0v) is 11.4. The average molecular weight is 257 g/mol. The second-order valence-electron chi connectivity index (χ2n) is 5.11. The van der Waals surface area contributed by atoms with Crippen LogP contribution in [0.25, 0.3) is 11.3 Å². The summed E-state index contributed by atoms with van der Waals surface area (Å²) in [5, 5.41) is 3.45. The molecule has 1 aliphatic rings. The Balaban J connectivity index is 1.75. The van der Waals surface area contributed by atoms with Crippen molar-refractivity contribution in [3.8, 4) is 17.1 Å². The smallest absolute Gasteiger partial charge is 0.134 e. The summed E-state index contributed by atoms with van der Waals surface area (Å²) in [6.07, 6.45) is 2.59. The number of furan rings is 1. The monoisotopic (exact) mass is 257 g/mol. The molecule has 1 aromatic carbocycles. The highest BCUT2D eigenvalue weighted by Gasteiger charge is 2.20. The van der Waals surface area contributed by atoms with Gasteiger partial charge in [-0.15, -0.1) is 0 Å². The highest BCUT2D eigenvalue weighted by Crippen LogP contribution is 2.28. The maximum Gasteiger partial charge on any atom is 0.134 e. The van der Waals surface area contributed by atoms with Crippen LogP contribution >= 0.6 is 0 Å². The number of rotatable bonds is 5. The molecular weight excluding hydrogens is 238 g/mol. The summed E-state index contributed by atoms with van der Waals surface area (Å²) in [5.41, 5.74) is 2.21. The zero-order valence-electron chi connectivity index (χ0n) is 11.4. The molecule has 0 spiro atoms. The normalized spacial score (nSPS) is 14.6. The van der Waals surface area contributed by atoms with Crippen LogP contribution in [0.1, 0.15) is 24.2 Å². The second-order valence-corrected chi connectivity index (χ2v) is 5.11. The first-order valence-electron chi connectivity index (χ1n) is 6.73. The van der Waals surface area contributed by atoms with Gasteiger partial charge in [-0.25, -0.2) is 0 Å². The lowest BCUT2D eigenvalue weighted by Gasteiger charge is -2.05. The van der Waals surface area contributed by atoms with Crippen molar-refractivity contribution in [1.29, 1.82) is 0 Å². The molecule has 0 radical (unpaired) electrons. The molecule has 1 aromatic heterocycles.